The molecule has 0 saturated carbocycles. The van der Waals surface area contributed by atoms with Gasteiger partial charge in [0.25, 0.3) is 10.0 Å². The van der Waals surface area contributed by atoms with Gasteiger partial charge in [-0.2, -0.15) is 4.31 Å². The minimum Gasteiger partial charge on any atom is -0.324 e. The van der Waals surface area contributed by atoms with Gasteiger partial charge in [0.15, 0.2) is 0 Å². The Bertz CT molecular complexity index is 838. The Balaban J connectivity index is 2.14. The van der Waals surface area contributed by atoms with Gasteiger partial charge < -0.3 is 5.32 Å². The van der Waals surface area contributed by atoms with Crippen LogP contribution in [0.25, 0.3) is 0 Å². The quantitative estimate of drug-likeness (QED) is 0.788. The Kier molecular flexibility index (Phi) is 5.79. The van der Waals surface area contributed by atoms with E-state index in [-0.39, 0.29) is 10.9 Å². The molecule has 1 amide bonds. The summed E-state index contributed by atoms with van der Waals surface area (Å²) in [6, 6.07) is 5.68. The molecule has 0 unspecified atom stereocenters. The summed E-state index contributed by atoms with van der Waals surface area (Å²) in [6.07, 6.45) is 0. The molecule has 0 aliphatic rings. The van der Waals surface area contributed by atoms with E-state index in [2.05, 4.69) is 26.2 Å². The summed E-state index contributed by atoms with van der Waals surface area (Å²) in [4.78, 5) is 16.3. The van der Waals surface area contributed by atoms with Gasteiger partial charge in [-0.1, -0.05) is 29.5 Å². The molecule has 2 aromatic rings. The number of halogens is 1. The van der Waals surface area contributed by atoms with E-state index in [1.54, 1.807) is 6.92 Å². The van der Waals surface area contributed by atoms with Crippen LogP contribution in [-0.2, 0) is 14.8 Å². The summed E-state index contributed by atoms with van der Waals surface area (Å²) >= 11 is 4.29. The van der Waals surface area contributed by atoms with Crippen LogP contribution in [0.4, 0.5) is 5.69 Å². The highest BCUT2D eigenvalue weighted by Gasteiger charge is 2.27. The highest BCUT2D eigenvalue weighted by molar-refractivity contribution is 9.11. The number of likely N-dealkylation sites (N-methyl/N-ethyl adjacent to an activating group) is 1. The van der Waals surface area contributed by atoms with E-state index in [9.17, 15) is 13.2 Å². The molecule has 0 atom stereocenters. The standard InChI is InChI=1S/C15H18BrN3O3S2/c1-9-6-5-7-10(2)13(9)18-12(20)8-19(4)24(21,22)15-17-11(3)14(16)23-15/h5-7H,8H2,1-4H3,(H,18,20). The predicted octanol–water partition coefficient (Wildman–Crippen LogP) is 3.09. The van der Waals surface area contributed by atoms with E-state index < -0.39 is 15.9 Å². The number of nitrogens with zero attached hydrogens (tertiary/aromatic N) is 2. The minimum atomic E-state index is -3.80. The average Bonchev–Trinajstić information content (AvgIpc) is 2.83. The summed E-state index contributed by atoms with van der Waals surface area (Å²) in [5.74, 6) is -0.397. The molecule has 1 N–H and O–H groups in total. The summed E-state index contributed by atoms with van der Waals surface area (Å²) in [7, 11) is -2.43. The predicted molar refractivity (Wildman–Crippen MR) is 98.9 cm³/mol. The molecule has 1 aromatic carbocycles. The Labute approximate surface area is 154 Å². The molecule has 1 heterocycles. The number of carbonyl (C=O) groups excluding carboxylic acids is 1. The molecular formula is C15H18BrN3O3S2. The Morgan fingerprint density at radius 1 is 1.29 bits per heavy atom. The molecule has 1 aromatic heterocycles. The van der Waals surface area contributed by atoms with Crippen LogP contribution in [0.3, 0.4) is 0 Å². The molecule has 6 nitrogen and oxygen atoms in total. The number of aryl methyl sites for hydroxylation is 3. The van der Waals surface area contributed by atoms with Crippen molar-refractivity contribution in [3.63, 3.8) is 0 Å². The van der Waals surface area contributed by atoms with E-state index in [1.165, 1.54) is 7.05 Å². The first-order valence-corrected chi connectivity index (χ1v) is 10.1. The van der Waals surface area contributed by atoms with Crippen LogP contribution < -0.4 is 5.32 Å². The highest BCUT2D eigenvalue weighted by atomic mass is 79.9. The number of thiazole rings is 1. The maximum atomic E-state index is 12.5. The van der Waals surface area contributed by atoms with E-state index in [4.69, 9.17) is 0 Å². The summed E-state index contributed by atoms with van der Waals surface area (Å²) < 4.78 is 26.6. The van der Waals surface area contributed by atoms with Crippen LogP contribution in [-0.4, -0.2) is 37.2 Å². The minimum absolute atomic E-state index is 0.0331. The number of carbonyl (C=O) groups is 1. The van der Waals surface area contributed by atoms with Gasteiger partial charge in [-0.05, 0) is 47.8 Å². The van der Waals surface area contributed by atoms with Crippen molar-refractivity contribution in [3.8, 4) is 0 Å². The molecular weight excluding hydrogens is 414 g/mol. The van der Waals surface area contributed by atoms with Gasteiger partial charge in [-0.3, -0.25) is 4.79 Å². The van der Waals surface area contributed by atoms with Crippen molar-refractivity contribution in [2.24, 2.45) is 0 Å². The Hall–Kier alpha value is -1.29. The number of benzene rings is 1. The molecule has 9 heteroatoms. The monoisotopic (exact) mass is 431 g/mol. The van der Waals surface area contributed by atoms with E-state index in [0.29, 0.717) is 15.2 Å². The first kappa shape index (κ1) is 19.0. The first-order valence-electron chi connectivity index (χ1n) is 7.08. The number of amides is 1. The summed E-state index contributed by atoms with van der Waals surface area (Å²) in [5.41, 5.74) is 3.16. The average molecular weight is 432 g/mol. The topological polar surface area (TPSA) is 79.4 Å². The van der Waals surface area contributed by atoms with E-state index in [1.807, 2.05) is 32.0 Å². The number of sulfonamides is 1. The third-order valence-electron chi connectivity index (χ3n) is 3.46. The van der Waals surface area contributed by atoms with Crippen molar-refractivity contribution in [3.05, 3.63) is 38.8 Å². The SMILES string of the molecule is Cc1cccc(C)c1NC(=O)CN(C)S(=O)(=O)c1nc(C)c(Br)s1. The van der Waals surface area contributed by atoms with Crippen LogP contribution >= 0.6 is 27.3 Å². The fourth-order valence-corrected chi connectivity index (χ4v) is 5.33. The zero-order valence-corrected chi connectivity index (χ0v) is 17.0. The van der Waals surface area contributed by atoms with Crippen molar-refractivity contribution < 1.29 is 13.2 Å². The number of hydrogen-bond donors (Lipinski definition) is 1. The Morgan fingerprint density at radius 3 is 2.38 bits per heavy atom. The van der Waals surface area contributed by atoms with E-state index in [0.717, 1.165) is 26.8 Å². The van der Waals surface area contributed by atoms with Crippen LogP contribution in [0.5, 0.6) is 0 Å². The fourth-order valence-electron chi connectivity index (χ4n) is 2.08. The lowest BCUT2D eigenvalue weighted by atomic mass is 10.1. The second-order valence-corrected chi connectivity index (χ2v) is 9.95. The summed E-state index contributed by atoms with van der Waals surface area (Å²) in [5, 5.41) is 2.78. The van der Waals surface area contributed by atoms with Crippen LogP contribution in [0.2, 0.25) is 0 Å². The van der Waals surface area contributed by atoms with Gasteiger partial charge in [0.05, 0.1) is 16.0 Å². The molecule has 130 valence electrons. The molecule has 0 saturated heterocycles. The number of anilines is 1. The zero-order valence-electron chi connectivity index (χ0n) is 13.8. The van der Waals surface area contributed by atoms with Crippen LogP contribution in [0.1, 0.15) is 16.8 Å². The van der Waals surface area contributed by atoms with Crippen molar-refractivity contribution in [2.75, 3.05) is 18.9 Å². The van der Waals surface area contributed by atoms with Gasteiger partial charge >= 0.3 is 0 Å². The van der Waals surface area contributed by atoms with Gasteiger partial charge in [-0.25, -0.2) is 13.4 Å². The molecule has 0 radical (unpaired) electrons. The van der Waals surface area contributed by atoms with Crippen LogP contribution in [0.15, 0.2) is 26.3 Å². The molecule has 0 bridgehead atoms. The first-order chi connectivity index (χ1) is 11.1. The van der Waals surface area contributed by atoms with Gasteiger partial charge in [0, 0.05) is 12.7 Å². The van der Waals surface area contributed by atoms with Crippen molar-refractivity contribution in [2.45, 2.75) is 25.1 Å². The number of nitrogens with one attached hydrogen (secondary N) is 1. The normalized spacial score (nSPS) is 11.8. The lowest BCUT2D eigenvalue weighted by Crippen LogP contribution is -2.35. The third kappa shape index (κ3) is 4.02. The van der Waals surface area contributed by atoms with Crippen molar-refractivity contribution in [1.29, 1.82) is 0 Å². The summed E-state index contributed by atoms with van der Waals surface area (Å²) in [6.45, 7) is 5.21. The third-order valence-corrected chi connectivity index (χ3v) is 7.63. The smallest absolute Gasteiger partial charge is 0.270 e. The lowest BCUT2D eigenvalue weighted by molar-refractivity contribution is -0.116. The highest BCUT2D eigenvalue weighted by Crippen LogP contribution is 2.28. The second kappa shape index (κ2) is 7.30. The molecule has 0 aliphatic heterocycles. The number of hydrogen-bond acceptors (Lipinski definition) is 5. The maximum absolute atomic E-state index is 12.5. The van der Waals surface area contributed by atoms with Gasteiger partial charge in [-0.15, -0.1) is 0 Å². The van der Waals surface area contributed by atoms with Crippen LogP contribution in [0, 0.1) is 20.8 Å². The number of aromatic nitrogens is 1. The van der Waals surface area contributed by atoms with E-state index >= 15 is 0 Å². The van der Waals surface area contributed by atoms with Crippen molar-refractivity contribution in [1.82, 2.24) is 9.29 Å². The van der Waals surface area contributed by atoms with Gasteiger partial charge in [0.1, 0.15) is 0 Å². The second-order valence-electron chi connectivity index (χ2n) is 5.41. The zero-order chi connectivity index (χ0) is 18.1. The molecule has 24 heavy (non-hydrogen) atoms. The maximum Gasteiger partial charge on any atom is 0.270 e. The lowest BCUT2D eigenvalue weighted by Gasteiger charge is -2.16. The molecule has 0 spiro atoms. The molecule has 0 aliphatic carbocycles. The number of para-hydroxylation sites is 1. The largest absolute Gasteiger partial charge is 0.324 e. The number of rotatable bonds is 5. The molecule has 2 rings (SSSR count). The fraction of sp³-hybridized carbons (Fsp3) is 0.333. The van der Waals surface area contributed by atoms with Crippen molar-refractivity contribution >= 4 is 48.9 Å². The van der Waals surface area contributed by atoms with Gasteiger partial charge in [0.2, 0.25) is 10.2 Å². The molecule has 0 fully saturated rings. The Morgan fingerprint density at radius 2 is 1.88 bits per heavy atom.